The van der Waals surface area contributed by atoms with Gasteiger partial charge in [-0.15, -0.1) is 0 Å². The Morgan fingerprint density at radius 3 is 2.60 bits per heavy atom. The molecule has 1 aliphatic rings. The van der Waals surface area contributed by atoms with Crippen molar-refractivity contribution < 1.29 is 9.90 Å². The zero-order chi connectivity index (χ0) is 14.4. The minimum Gasteiger partial charge on any atom is -0.396 e. The zero-order valence-electron chi connectivity index (χ0n) is 11.4. The topological polar surface area (TPSA) is 61.4 Å². The number of piperidine rings is 1. The highest BCUT2D eigenvalue weighted by molar-refractivity contribution is 6.30. The molecule has 0 radical (unpaired) electrons. The molecule has 1 aromatic rings. The fourth-order valence-corrected chi connectivity index (χ4v) is 2.65. The first-order valence-electron chi connectivity index (χ1n) is 7.08. The maximum absolute atomic E-state index is 12.3. The lowest BCUT2D eigenvalue weighted by Gasteiger charge is -2.25. The first-order chi connectivity index (χ1) is 9.70. The van der Waals surface area contributed by atoms with E-state index in [1.165, 1.54) is 0 Å². The minimum atomic E-state index is -0.153. The Balaban J connectivity index is 2.01. The summed E-state index contributed by atoms with van der Waals surface area (Å²) in [5, 5.41) is 16.2. The van der Waals surface area contributed by atoms with Crippen molar-refractivity contribution in [3.05, 3.63) is 34.9 Å². The van der Waals surface area contributed by atoms with E-state index in [2.05, 4.69) is 10.6 Å². The number of aliphatic hydroxyl groups excluding tert-OH is 1. The van der Waals surface area contributed by atoms with Crippen molar-refractivity contribution in [1.82, 2.24) is 10.6 Å². The van der Waals surface area contributed by atoms with Gasteiger partial charge in [-0.2, -0.15) is 0 Å². The Morgan fingerprint density at radius 2 is 2.00 bits per heavy atom. The average Bonchev–Trinajstić information content (AvgIpc) is 2.48. The van der Waals surface area contributed by atoms with Gasteiger partial charge in [-0.3, -0.25) is 4.79 Å². The zero-order valence-corrected chi connectivity index (χ0v) is 12.2. The number of hydrogen-bond acceptors (Lipinski definition) is 3. The molecule has 0 aliphatic carbocycles. The summed E-state index contributed by atoms with van der Waals surface area (Å²) in [6, 6.07) is 7.24. The largest absolute Gasteiger partial charge is 0.396 e. The van der Waals surface area contributed by atoms with Crippen LogP contribution in [0.1, 0.15) is 30.9 Å². The van der Waals surface area contributed by atoms with Gasteiger partial charge in [-0.05, 0) is 50.0 Å². The number of hydrogen-bond donors (Lipinski definition) is 3. The van der Waals surface area contributed by atoms with Crippen molar-refractivity contribution in [3.63, 3.8) is 0 Å². The smallest absolute Gasteiger partial charge is 0.223 e. The molecule has 3 N–H and O–H groups in total. The summed E-state index contributed by atoms with van der Waals surface area (Å²) in [6.07, 6.45) is 2.26. The van der Waals surface area contributed by atoms with Crippen LogP contribution < -0.4 is 10.6 Å². The molecule has 1 fully saturated rings. The fraction of sp³-hybridized carbons (Fsp3) is 0.533. The highest BCUT2D eigenvalue weighted by Gasteiger charge is 2.23. The molecular weight excluding hydrogens is 276 g/mol. The number of benzene rings is 1. The van der Waals surface area contributed by atoms with Gasteiger partial charge in [0.15, 0.2) is 0 Å². The van der Waals surface area contributed by atoms with Crippen LogP contribution in [0.5, 0.6) is 0 Å². The summed E-state index contributed by atoms with van der Waals surface area (Å²) in [5.74, 6) is 0.157. The lowest BCUT2D eigenvalue weighted by atomic mass is 9.95. The standard InChI is InChI=1S/C15H21ClN2O2/c16-13-3-1-11(2-4-13)14(7-10-19)18-15(20)12-5-8-17-9-6-12/h1-4,12,14,17,19H,5-10H2,(H,18,20). The van der Waals surface area contributed by atoms with Gasteiger partial charge in [0.2, 0.25) is 5.91 Å². The van der Waals surface area contributed by atoms with Crippen molar-refractivity contribution in [2.75, 3.05) is 19.7 Å². The number of nitrogens with one attached hydrogen (secondary N) is 2. The quantitative estimate of drug-likeness (QED) is 0.777. The van der Waals surface area contributed by atoms with Gasteiger partial charge < -0.3 is 15.7 Å². The minimum absolute atomic E-state index is 0.0415. The number of aliphatic hydroxyl groups is 1. The van der Waals surface area contributed by atoms with Gasteiger partial charge in [0.1, 0.15) is 0 Å². The molecule has 1 amide bonds. The van der Waals surface area contributed by atoms with E-state index < -0.39 is 0 Å². The van der Waals surface area contributed by atoms with E-state index >= 15 is 0 Å². The summed E-state index contributed by atoms with van der Waals surface area (Å²) in [6.45, 7) is 1.83. The van der Waals surface area contributed by atoms with Crippen molar-refractivity contribution in [2.45, 2.75) is 25.3 Å². The molecule has 1 heterocycles. The maximum atomic E-state index is 12.3. The molecule has 1 aliphatic heterocycles. The molecule has 1 atom stereocenters. The number of carbonyl (C=O) groups excluding carboxylic acids is 1. The second kappa shape index (κ2) is 7.62. The Labute approximate surface area is 124 Å². The molecule has 0 spiro atoms. The molecule has 0 bridgehead atoms. The number of carbonyl (C=O) groups is 1. The summed E-state index contributed by atoms with van der Waals surface area (Å²) in [5.41, 5.74) is 0.978. The van der Waals surface area contributed by atoms with E-state index in [9.17, 15) is 9.90 Å². The maximum Gasteiger partial charge on any atom is 0.223 e. The SMILES string of the molecule is O=C(NC(CCO)c1ccc(Cl)cc1)C1CCNCC1. The summed E-state index contributed by atoms with van der Waals surface area (Å²) in [4.78, 5) is 12.3. The van der Waals surface area contributed by atoms with Crippen LogP contribution in [0, 0.1) is 5.92 Å². The van der Waals surface area contributed by atoms with Crippen molar-refractivity contribution in [3.8, 4) is 0 Å². The molecule has 20 heavy (non-hydrogen) atoms. The monoisotopic (exact) mass is 296 g/mol. The van der Waals surface area contributed by atoms with Gasteiger partial charge in [0.05, 0.1) is 6.04 Å². The highest BCUT2D eigenvalue weighted by Crippen LogP contribution is 2.21. The Hall–Kier alpha value is -1.10. The van der Waals surface area contributed by atoms with Crippen molar-refractivity contribution in [1.29, 1.82) is 0 Å². The second-order valence-corrected chi connectivity index (χ2v) is 5.59. The molecule has 1 aromatic carbocycles. The molecule has 0 saturated carbocycles. The fourth-order valence-electron chi connectivity index (χ4n) is 2.52. The average molecular weight is 297 g/mol. The third kappa shape index (κ3) is 4.20. The number of rotatable bonds is 5. The van der Waals surface area contributed by atoms with Gasteiger partial charge >= 0.3 is 0 Å². The third-order valence-corrected chi connectivity index (χ3v) is 3.97. The van der Waals surface area contributed by atoms with Gasteiger partial charge in [-0.25, -0.2) is 0 Å². The molecule has 1 saturated heterocycles. The molecule has 5 heteroatoms. The molecule has 110 valence electrons. The summed E-state index contributed by atoms with van der Waals surface area (Å²) >= 11 is 5.88. The van der Waals surface area contributed by atoms with Gasteiger partial charge in [-0.1, -0.05) is 23.7 Å². The predicted octanol–water partition coefficient (Wildman–Crippen LogP) is 1.88. The lowest BCUT2D eigenvalue weighted by Crippen LogP contribution is -2.39. The predicted molar refractivity (Wildman–Crippen MR) is 79.6 cm³/mol. The van der Waals surface area contributed by atoms with E-state index in [4.69, 9.17) is 11.6 Å². The molecule has 1 unspecified atom stereocenters. The molecular formula is C15H21ClN2O2. The van der Waals surface area contributed by atoms with Crippen LogP contribution in [0.25, 0.3) is 0 Å². The number of halogens is 1. The lowest BCUT2D eigenvalue weighted by molar-refractivity contribution is -0.126. The Kier molecular flexibility index (Phi) is 5.83. The first kappa shape index (κ1) is 15.3. The van der Waals surface area contributed by atoms with Crippen molar-refractivity contribution in [2.24, 2.45) is 5.92 Å². The van der Waals surface area contributed by atoms with Crippen LogP contribution >= 0.6 is 11.6 Å². The van der Waals surface area contributed by atoms with E-state index in [1.807, 2.05) is 12.1 Å². The Morgan fingerprint density at radius 1 is 1.35 bits per heavy atom. The normalized spacial score (nSPS) is 17.7. The molecule has 4 nitrogen and oxygen atoms in total. The second-order valence-electron chi connectivity index (χ2n) is 5.15. The summed E-state index contributed by atoms with van der Waals surface area (Å²) in [7, 11) is 0. The van der Waals surface area contributed by atoms with Crippen LogP contribution in [0.15, 0.2) is 24.3 Å². The van der Waals surface area contributed by atoms with Crippen LogP contribution in [0.2, 0.25) is 5.02 Å². The van der Waals surface area contributed by atoms with Gasteiger partial charge in [0.25, 0.3) is 0 Å². The van der Waals surface area contributed by atoms with Crippen molar-refractivity contribution >= 4 is 17.5 Å². The highest BCUT2D eigenvalue weighted by atomic mass is 35.5. The third-order valence-electron chi connectivity index (χ3n) is 3.72. The summed E-state index contributed by atoms with van der Waals surface area (Å²) < 4.78 is 0. The van der Waals surface area contributed by atoms with Crippen LogP contribution in [0.3, 0.4) is 0 Å². The van der Waals surface area contributed by atoms with E-state index in [0.717, 1.165) is 31.5 Å². The Bertz CT molecular complexity index is 430. The van der Waals surface area contributed by atoms with Crippen LogP contribution in [-0.2, 0) is 4.79 Å². The van der Waals surface area contributed by atoms with Crippen LogP contribution in [-0.4, -0.2) is 30.7 Å². The van der Waals surface area contributed by atoms with E-state index in [0.29, 0.717) is 11.4 Å². The number of amides is 1. The molecule has 2 rings (SSSR count). The van der Waals surface area contributed by atoms with Gasteiger partial charge in [0, 0.05) is 17.5 Å². The van der Waals surface area contributed by atoms with Crippen LogP contribution in [0.4, 0.5) is 0 Å². The van der Waals surface area contributed by atoms with E-state index in [1.54, 1.807) is 12.1 Å². The first-order valence-corrected chi connectivity index (χ1v) is 7.46. The molecule has 0 aromatic heterocycles. The van der Waals surface area contributed by atoms with E-state index in [-0.39, 0.29) is 24.5 Å².